The van der Waals surface area contributed by atoms with Crippen LogP contribution >= 0.6 is 0 Å². The van der Waals surface area contributed by atoms with Crippen molar-refractivity contribution in [1.82, 2.24) is 9.88 Å². The second-order valence-corrected chi connectivity index (χ2v) is 4.33. The highest BCUT2D eigenvalue weighted by atomic mass is 16.5. The number of amides is 1. The van der Waals surface area contributed by atoms with Gasteiger partial charge in [-0.15, -0.1) is 0 Å². The Labute approximate surface area is 87.9 Å². The van der Waals surface area contributed by atoms with Crippen molar-refractivity contribution in [2.75, 3.05) is 26.3 Å². The molecule has 4 nitrogen and oxygen atoms in total. The van der Waals surface area contributed by atoms with Crippen molar-refractivity contribution >= 4 is 5.91 Å². The molecular formula is C11H11N2O2. The second-order valence-electron chi connectivity index (χ2n) is 4.33. The van der Waals surface area contributed by atoms with Crippen LogP contribution in [0.4, 0.5) is 0 Å². The van der Waals surface area contributed by atoms with E-state index >= 15 is 0 Å². The average molecular weight is 203 g/mol. The van der Waals surface area contributed by atoms with Gasteiger partial charge in [0.2, 0.25) is 0 Å². The molecule has 1 aromatic heterocycles. The van der Waals surface area contributed by atoms with Gasteiger partial charge in [-0.25, -0.2) is 0 Å². The number of rotatable bonds is 1. The van der Waals surface area contributed by atoms with E-state index in [4.69, 9.17) is 4.74 Å². The molecule has 2 fully saturated rings. The van der Waals surface area contributed by atoms with Gasteiger partial charge in [-0.3, -0.25) is 9.78 Å². The number of ether oxygens (including phenoxy) is 1. The number of nitrogens with zero attached hydrogens (tertiary/aromatic N) is 2. The quantitative estimate of drug-likeness (QED) is 0.661. The van der Waals surface area contributed by atoms with Crippen LogP contribution in [-0.4, -0.2) is 42.1 Å². The van der Waals surface area contributed by atoms with Crippen molar-refractivity contribution in [3.8, 4) is 0 Å². The molecule has 2 aliphatic heterocycles. The van der Waals surface area contributed by atoms with Gasteiger partial charge in [0.05, 0.1) is 30.4 Å². The molecule has 15 heavy (non-hydrogen) atoms. The highest BCUT2D eigenvalue weighted by molar-refractivity contribution is 5.94. The van der Waals surface area contributed by atoms with Crippen molar-refractivity contribution in [1.29, 1.82) is 0 Å². The summed E-state index contributed by atoms with van der Waals surface area (Å²) in [6, 6.07) is 3.41. The zero-order valence-electron chi connectivity index (χ0n) is 8.27. The van der Waals surface area contributed by atoms with Crippen LogP contribution in [0.1, 0.15) is 10.4 Å². The first-order valence-electron chi connectivity index (χ1n) is 4.98. The van der Waals surface area contributed by atoms with Crippen LogP contribution < -0.4 is 0 Å². The van der Waals surface area contributed by atoms with E-state index in [-0.39, 0.29) is 11.3 Å². The van der Waals surface area contributed by atoms with Crippen LogP contribution in [-0.2, 0) is 4.74 Å². The van der Waals surface area contributed by atoms with Crippen molar-refractivity contribution in [2.45, 2.75) is 0 Å². The third-order valence-electron chi connectivity index (χ3n) is 3.02. The van der Waals surface area contributed by atoms with Gasteiger partial charge in [-0.2, -0.15) is 0 Å². The molecule has 0 N–H and O–H groups in total. The van der Waals surface area contributed by atoms with Crippen LogP contribution in [0.5, 0.6) is 0 Å². The summed E-state index contributed by atoms with van der Waals surface area (Å²) in [5.74, 6) is 0.0639. The maximum Gasteiger partial charge on any atom is 0.255 e. The van der Waals surface area contributed by atoms with Gasteiger partial charge in [0, 0.05) is 19.3 Å². The number of pyridine rings is 1. The first kappa shape index (κ1) is 8.85. The summed E-state index contributed by atoms with van der Waals surface area (Å²) in [5, 5.41) is 0. The van der Waals surface area contributed by atoms with E-state index in [9.17, 15) is 4.79 Å². The van der Waals surface area contributed by atoms with E-state index in [0.29, 0.717) is 5.56 Å². The Morgan fingerprint density at radius 2 is 2.33 bits per heavy atom. The van der Waals surface area contributed by atoms with Crippen LogP contribution in [0, 0.1) is 11.6 Å². The Morgan fingerprint density at radius 1 is 1.53 bits per heavy atom. The number of carbonyl (C=O) groups excluding carboxylic acids is 1. The van der Waals surface area contributed by atoms with E-state index < -0.39 is 0 Å². The molecule has 1 aromatic rings. The average Bonchev–Trinajstić information content (AvgIpc) is 2.14. The van der Waals surface area contributed by atoms with Crippen molar-refractivity contribution < 1.29 is 9.53 Å². The van der Waals surface area contributed by atoms with Crippen molar-refractivity contribution in [2.24, 2.45) is 5.41 Å². The van der Waals surface area contributed by atoms with Gasteiger partial charge in [-0.1, -0.05) is 0 Å². The Hall–Kier alpha value is -1.42. The second kappa shape index (κ2) is 3.03. The summed E-state index contributed by atoms with van der Waals surface area (Å²) >= 11 is 0. The lowest BCUT2D eigenvalue weighted by Gasteiger charge is -2.54. The Morgan fingerprint density at radius 3 is 2.87 bits per heavy atom. The van der Waals surface area contributed by atoms with E-state index in [2.05, 4.69) is 11.2 Å². The summed E-state index contributed by atoms with van der Waals surface area (Å²) in [6.45, 7) is 3.25. The largest absolute Gasteiger partial charge is 0.380 e. The minimum Gasteiger partial charge on any atom is -0.380 e. The standard InChI is InChI=1S/C11H11N2O2/c14-10(9-2-1-3-12-4-9)13-5-11(6-13)7-15-8-11/h1-2,4H,5-8H2. The monoisotopic (exact) mass is 203 g/mol. The maximum atomic E-state index is 11.9. The zero-order chi connectivity index (χ0) is 10.3. The molecule has 0 atom stereocenters. The van der Waals surface area contributed by atoms with Crippen LogP contribution in [0.3, 0.4) is 0 Å². The normalized spacial score (nSPS) is 22.0. The van der Waals surface area contributed by atoms with Crippen LogP contribution in [0.15, 0.2) is 18.3 Å². The lowest BCUT2D eigenvalue weighted by atomic mass is 9.78. The fraction of sp³-hybridized carbons (Fsp3) is 0.455. The minimum absolute atomic E-state index is 0.0639. The molecule has 1 radical (unpaired) electrons. The van der Waals surface area contributed by atoms with E-state index in [0.717, 1.165) is 26.3 Å². The van der Waals surface area contributed by atoms with E-state index in [1.807, 2.05) is 4.90 Å². The number of hydrogen-bond donors (Lipinski definition) is 0. The molecule has 3 rings (SSSR count). The summed E-state index contributed by atoms with van der Waals surface area (Å²) in [4.78, 5) is 17.6. The molecular weight excluding hydrogens is 192 g/mol. The van der Waals surface area contributed by atoms with Gasteiger partial charge < -0.3 is 9.64 Å². The summed E-state index contributed by atoms with van der Waals surface area (Å²) in [5.41, 5.74) is 0.924. The maximum absolute atomic E-state index is 11.9. The Kier molecular flexibility index (Phi) is 1.79. The highest BCUT2D eigenvalue weighted by Gasteiger charge is 2.50. The molecule has 2 aliphatic rings. The fourth-order valence-corrected chi connectivity index (χ4v) is 2.11. The van der Waals surface area contributed by atoms with Gasteiger partial charge >= 0.3 is 0 Å². The molecule has 3 heterocycles. The van der Waals surface area contributed by atoms with Crippen molar-refractivity contribution in [3.05, 3.63) is 30.1 Å². The van der Waals surface area contributed by atoms with E-state index in [1.54, 1.807) is 18.3 Å². The van der Waals surface area contributed by atoms with E-state index in [1.165, 1.54) is 0 Å². The Balaban J connectivity index is 1.67. The molecule has 0 bridgehead atoms. The molecule has 0 aromatic carbocycles. The lowest BCUT2D eigenvalue weighted by molar-refractivity contribution is -0.176. The molecule has 4 heteroatoms. The van der Waals surface area contributed by atoms with Gasteiger partial charge in [0.1, 0.15) is 0 Å². The summed E-state index contributed by atoms with van der Waals surface area (Å²) < 4.78 is 5.16. The number of likely N-dealkylation sites (tertiary alicyclic amines) is 1. The first-order valence-corrected chi connectivity index (χ1v) is 4.98. The molecule has 77 valence electrons. The van der Waals surface area contributed by atoms with Crippen molar-refractivity contribution in [3.63, 3.8) is 0 Å². The molecule has 1 spiro atoms. The third-order valence-corrected chi connectivity index (χ3v) is 3.02. The van der Waals surface area contributed by atoms with Gasteiger partial charge in [0.15, 0.2) is 0 Å². The number of carbonyl (C=O) groups is 1. The molecule has 2 saturated heterocycles. The third kappa shape index (κ3) is 1.33. The van der Waals surface area contributed by atoms with Crippen LogP contribution in [0.2, 0.25) is 0 Å². The lowest BCUT2D eigenvalue weighted by Crippen LogP contribution is -2.67. The summed E-state index contributed by atoms with van der Waals surface area (Å²) in [7, 11) is 0. The number of aromatic nitrogens is 1. The fourth-order valence-electron chi connectivity index (χ4n) is 2.11. The zero-order valence-corrected chi connectivity index (χ0v) is 8.27. The molecule has 0 unspecified atom stereocenters. The topological polar surface area (TPSA) is 42.4 Å². The number of hydrogen-bond acceptors (Lipinski definition) is 3. The summed E-state index contributed by atoms with van der Waals surface area (Å²) in [6.07, 6.45) is 4.22. The highest BCUT2D eigenvalue weighted by Crippen LogP contribution is 2.37. The van der Waals surface area contributed by atoms with Gasteiger partial charge in [0.25, 0.3) is 5.91 Å². The predicted octanol–water partition coefficient (Wildman–Crippen LogP) is 0.354. The molecule has 0 saturated carbocycles. The van der Waals surface area contributed by atoms with Crippen LogP contribution in [0.25, 0.3) is 0 Å². The first-order chi connectivity index (χ1) is 7.29. The predicted molar refractivity (Wildman–Crippen MR) is 52.2 cm³/mol. The Bertz CT molecular complexity index is 379. The smallest absolute Gasteiger partial charge is 0.255 e. The minimum atomic E-state index is 0.0639. The van der Waals surface area contributed by atoms with Gasteiger partial charge in [-0.05, 0) is 12.1 Å². The molecule has 1 amide bonds. The SMILES string of the molecule is O=C(c1cc[c]nc1)N1CC2(COC2)C1. The molecule has 0 aliphatic carbocycles.